The summed E-state index contributed by atoms with van der Waals surface area (Å²) in [6.07, 6.45) is -3.44. The lowest BCUT2D eigenvalue weighted by Gasteiger charge is -2.40. The number of ether oxygens (including phenoxy) is 1. The summed E-state index contributed by atoms with van der Waals surface area (Å²) in [6.45, 7) is 4.47. The number of aliphatic hydroxyl groups is 1. The molecule has 1 spiro atoms. The summed E-state index contributed by atoms with van der Waals surface area (Å²) in [5, 5.41) is 10.2. The van der Waals surface area contributed by atoms with Gasteiger partial charge in [-0.25, -0.2) is 13.4 Å². The molecule has 1 amide bonds. The number of aromatic nitrogens is 1. The van der Waals surface area contributed by atoms with Gasteiger partial charge in [-0.1, -0.05) is 0 Å². The Bertz CT molecular complexity index is 939. The fraction of sp³-hybridized carbons (Fsp3) is 0.714. The topological polar surface area (TPSA) is 96.8 Å². The standard InChI is InChI=1S/C21H29F3N2O5S/c1-14(2)32(29,30)13-20(28)8-6-19(7-9-20)10-11-26(18(19)27)16-4-5-17(25-12-16)31-15(3)21(22,23)24/h4-5,12,14-15,28H,6-11,13H2,1-3H3/t15-,19?,20?/m0/s1. The van der Waals surface area contributed by atoms with Crippen LogP contribution in [0.15, 0.2) is 18.3 Å². The van der Waals surface area contributed by atoms with Crippen LogP contribution in [0.2, 0.25) is 0 Å². The number of anilines is 1. The molecule has 180 valence electrons. The van der Waals surface area contributed by atoms with Gasteiger partial charge >= 0.3 is 6.18 Å². The summed E-state index contributed by atoms with van der Waals surface area (Å²) in [5.41, 5.74) is -1.55. The van der Waals surface area contributed by atoms with Crippen molar-refractivity contribution in [3.63, 3.8) is 0 Å². The first-order chi connectivity index (χ1) is 14.7. The fourth-order valence-electron chi connectivity index (χ4n) is 4.26. The largest absolute Gasteiger partial charge is 0.465 e. The minimum Gasteiger partial charge on any atom is -0.465 e. The first kappa shape index (κ1) is 24.8. The van der Waals surface area contributed by atoms with E-state index in [1.807, 2.05) is 0 Å². The highest BCUT2D eigenvalue weighted by Crippen LogP contribution is 2.49. The Morgan fingerprint density at radius 2 is 1.78 bits per heavy atom. The van der Waals surface area contributed by atoms with E-state index in [0.717, 1.165) is 6.92 Å². The zero-order valence-electron chi connectivity index (χ0n) is 18.4. The van der Waals surface area contributed by atoms with E-state index < -0.39 is 38.4 Å². The summed E-state index contributed by atoms with van der Waals surface area (Å²) >= 11 is 0. The van der Waals surface area contributed by atoms with E-state index in [4.69, 9.17) is 4.74 Å². The van der Waals surface area contributed by atoms with Crippen LogP contribution in [-0.2, 0) is 14.6 Å². The molecule has 0 radical (unpaired) electrons. The van der Waals surface area contributed by atoms with Crippen LogP contribution in [0, 0.1) is 5.41 Å². The van der Waals surface area contributed by atoms with Crippen molar-refractivity contribution in [2.24, 2.45) is 5.41 Å². The Kier molecular flexibility index (Phi) is 6.56. The normalized spacial score (nSPS) is 27.9. The molecular weight excluding hydrogens is 449 g/mol. The highest BCUT2D eigenvalue weighted by molar-refractivity contribution is 7.92. The van der Waals surface area contributed by atoms with Gasteiger partial charge in [-0.2, -0.15) is 13.2 Å². The number of nitrogens with zero attached hydrogens (tertiary/aromatic N) is 2. The number of alkyl halides is 3. The van der Waals surface area contributed by atoms with Crippen LogP contribution in [-0.4, -0.2) is 59.8 Å². The number of rotatable bonds is 6. The molecule has 1 aliphatic heterocycles. The molecule has 1 N–H and O–H groups in total. The highest BCUT2D eigenvalue weighted by Gasteiger charge is 2.52. The maximum absolute atomic E-state index is 13.2. The summed E-state index contributed by atoms with van der Waals surface area (Å²) in [5.74, 6) is -0.632. The molecule has 2 fully saturated rings. The van der Waals surface area contributed by atoms with Gasteiger partial charge in [0.2, 0.25) is 11.8 Å². The minimum atomic E-state index is -4.50. The number of hydrogen-bond donors (Lipinski definition) is 1. The van der Waals surface area contributed by atoms with Gasteiger partial charge < -0.3 is 14.7 Å². The second kappa shape index (κ2) is 8.48. The number of pyridine rings is 1. The zero-order chi connectivity index (χ0) is 23.9. The molecule has 1 saturated heterocycles. The Hall–Kier alpha value is -1.88. The second-order valence-corrected chi connectivity index (χ2v) is 11.8. The fourth-order valence-corrected chi connectivity index (χ4v) is 5.63. The number of hydrogen-bond acceptors (Lipinski definition) is 6. The van der Waals surface area contributed by atoms with E-state index in [0.29, 0.717) is 31.5 Å². The third kappa shape index (κ3) is 5.03. The maximum atomic E-state index is 13.2. The molecule has 1 aromatic rings. The van der Waals surface area contributed by atoms with Gasteiger partial charge in [-0.05, 0) is 58.9 Å². The first-order valence-corrected chi connectivity index (χ1v) is 12.3. The molecule has 3 rings (SSSR count). The summed E-state index contributed by atoms with van der Waals surface area (Å²) in [6, 6.07) is 2.79. The predicted molar refractivity (Wildman–Crippen MR) is 112 cm³/mol. The first-order valence-electron chi connectivity index (χ1n) is 10.6. The summed E-state index contributed by atoms with van der Waals surface area (Å²) < 4.78 is 67.2. The lowest BCUT2D eigenvalue weighted by atomic mass is 9.68. The smallest absolute Gasteiger partial charge is 0.425 e. The van der Waals surface area contributed by atoms with Crippen LogP contribution in [0.1, 0.15) is 52.9 Å². The molecule has 1 saturated carbocycles. The molecule has 1 atom stereocenters. The van der Waals surface area contributed by atoms with Gasteiger partial charge in [-0.15, -0.1) is 0 Å². The maximum Gasteiger partial charge on any atom is 0.425 e. The van der Waals surface area contributed by atoms with Gasteiger partial charge in [0.1, 0.15) is 0 Å². The molecular formula is C21H29F3N2O5S. The third-order valence-corrected chi connectivity index (χ3v) is 9.01. The van der Waals surface area contributed by atoms with Crippen LogP contribution >= 0.6 is 0 Å². The summed E-state index contributed by atoms with van der Waals surface area (Å²) in [4.78, 5) is 18.6. The van der Waals surface area contributed by atoms with Crippen LogP contribution in [0.5, 0.6) is 5.88 Å². The SMILES string of the molecule is CC(C)S(=O)(=O)CC1(O)CCC2(CCN(c3ccc(O[C@@H](C)C(F)(F)F)nc3)C2=O)CC1. The van der Waals surface area contributed by atoms with E-state index >= 15 is 0 Å². The zero-order valence-corrected chi connectivity index (χ0v) is 19.2. The van der Waals surface area contributed by atoms with Gasteiger partial charge in [-0.3, -0.25) is 4.79 Å². The molecule has 1 aromatic heterocycles. The van der Waals surface area contributed by atoms with E-state index in [2.05, 4.69) is 4.98 Å². The number of carbonyl (C=O) groups excluding carboxylic acids is 1. The monoisotopic (exact) mass is 478 g/mol. The highest BCUT2D eigenvalue weighted by atomic mass is 32.2. The van der Waals surface area contributed by atoms with Crippen LogP contribution < -0.4 is 9.64 Å². The van der Waals surface area contributed by atoms with Crippen molar-refractivity contribution in [1.29, 1.82) is 0 Å². The average Bonchev–Trinajstić information content (AvgIpc) is 3.00. The molecule has 1 aliphatic carbocycles. The number of carbonyl (C=O) groups is 1. The van der Waals surface area contributed by atoms with Crippen molar-refractivity contribution in [1.82, 2.24) is 4.98 Å². The van der Waals surface area contributed by atoms with Gasteiger partial charge in [0.25, 0.3) is 0 Å². The van der Waals surface area contributed by atoms with Gasteiger partial charge in [0, 0.05) is 12.6 Å². The van der Waals surface area contributed by atoms with Crippen molar-refractivity contribution in [3.8, 4) is 5.88 Å². The third-order valence-electron chi connectivity index (χ3n) is 6.63. The number of sulfone groups is 1. The molecule has 7 nitrogen and oxygen atoms in total. The van der Waals surface area contributed by atoms with Crippen molar-refractivity contribution < 1.29 is 36.2 Å². The molecule has 11 heteroatoms. The van der Waals surface area contributed by atoms with Crippen molar-refractivity contribution in [3.05, 3.63) is 18.3 Å². The molecule has 0 bridgehead atoms. The Morgan fingerprint density at radius 3 is 2.28 bits per heavy atom. The molecule has 0 aromatic carbocycles. The molecule has 2 heterocycles. The molecule has 32 heavy (non-hydrogen) atoms. The van der Waals surface area contributed by atoms with Crippen LogP contribution in [0.25, 0.3) is 0 Å². The Morgan fingerprint density at radius 1 is 1.16 bits per heavy atom. The Balaban J connectivity index is 1.65. The lowest BCUT2D eigenvalue weighted by molar-refractivity contribution is -0.189. The van der Waals surface area contributed by atoms with Gasteiger partial charge in [0.05, 0.1) is 33.9 Å². The van der Waals surface area contributed by atoms with Crippen molar-refractivity contribution in [2.75, 3.05) is 17.2 Å². The minimum absolute atomic E-state index is 0.134. The van der Waals surface area contributed by atoms with E-state index in [1.165, 1.54) is 18.3 Å². The van der Waals surface area contributed by atoms with Crippen LogP contribution in [0.4, 0.5) is 18.9 Å². The predicted octanol–water partition coefficient (Wildman–Crippen LogP) is 3.26. The van der Waals surface area contributed by atoms with E-state index in [-0.39, 0.29) is 30.4 Å². The number of amides is 1. The van der Waals surface area contributed by atoms with E-state index in [9.17, 15) is 31.5 Å². The second-order valence-electron chi connectivity index (χ2n) is 9.22. The van der Waals surface area contributed by atoms with Crippen molar-refractivity contribution >= 4 is 21.4 Å². The number of halogens is 3. The average molecular weight is 479 g/mol. The van der Waals surface area contributed by atoms with Crippen molar-refractivity contribution in [2.45, 2.75) is 76.0 Å². The molecule has 0 unspecified atom stereocenters. The summed E-state index contributed by atoms with van der Waals surface area (Å²) in [7, 11) is -3.42. The van der Waals surface area contributed by atoms with Crippen LogP contribution in [0.3, 0.4) is 0 Å². The Labute approximate surface area is 185 Å². The lowest BCUT2D eigenvalue weighted by Crippen LogP contribution is -2.47. The molecule has 2 aliphatic rings. The van der Waals surface area contributed by atoms with Gasteiger partial charge in [0.15, 0.2) is 15.9 Å². The van der Waals surface area contributed by atoms with E-state index in [1.54, 1.807) is 18.7 Å². The quantitative estimate of drug-likeness (QED) is 0.674.